The smallest absolute Gasteiger partial charge is 0.339 e. The summed E-state index contributed by atoms with van der Waals surface area (Å²) in [4.78, 5) is 23.2. The third kappa shape index (κ3) is 7.67. The molecule has 0 heterocycles. The van der Waals surface area contributed by atoms with Crippen LogP contribution >= 0.6 is 24.8 Å². The fourth-order valence-electron chi connectivity index (χ4n) is 1.38. The highest BCUT2D eigenvalue weighted by atomic mass is 32.1. The van der Waals surface area contributed by atoms with E-state index < -0.39 is 11.9 Å². The fourth-order valence-corrected chi connectivity index (χ4v) is 1.92. The van der Waals surface area contributed by atoms with Gasteiger partial charge in [0.1, 0.15) is 15.6 Å². The molecule has 0 aliphatic carbocycles. The summed E-state index contributed by atoms with van der Waals surface area (Å²) in [6.07, 6.45) is 0. The van der Waals surface area contributed by atoms with E-state index in [2.05, 4.69) is 31.2 Å². The molecule has 1 aromatic carbocycles. The second kappa shape index (κ2) is 10.2. The Morgan fingerprint density at radius 2 is 1.81 bits per heavy atom. The van der Waals surface area contributed by atoms with Crippen LogP contribution < -0.4 is 4.74 Å². The summed E-state index contributed by atoms with van der Waals surface area (Å²) in [5.74, 6) is -1.58. The number of esters is 1. The largest absolute Gasteiger partial charge is 0.478 e. The molecule has 0 aliphatic heterocycles. The first-order valence-corrected chi connectivity index (χ1v) is 7.17. The first-order chi connectivity index (χ1) is 9.83. The van der Waals surface area contributed by atoms with Crippen LogP contribution in [0.25, 0.3) is 0 Å². The maximum atomic E-state index is 10.6. The van der Waals surface area contributed by atoms with Gasteiger partial charge < -0.3 is 14.7 Å². The number of carboxylic acid groups (broad SMARTS) is 1. The lowest BCUT2D eigenvalue weighted by Gasteiger charge is -2.16. The third-order valence-corrected chi connectivity index (χ3v) is 2.95. The van der Waals surface area contributed by atoms with Gasteiger partial charge in [0.2, 0.25) is 0 Å². The van der Waals surface area contributed by atoms with E-state index in [1.165, 1.54) is 19.1 Å². The number of carbonyl (C=O) groups excluding carboxylic acids is 1. The number of hydrogen-bond donors (Lipinski definition) is 2. The summed E-state index contributed by atoms with van der Waals surface area (Å²) in [6, 6.07) is 5.98. The van der Waals surface area contributed by atoms with Crippen molar-refractivity contribution in [2.45, 2.75) is 20.8 Å². The van der Waals surface area contributed by atoms with Crippen LogP contribution in [-0.4, -0.2) is 39.4 Å². The molecule has 0 spiro atoms. The highest BCUT2D eigenvalue weighted by molar-refractivity contribution is 8.10. The molecule has 0 radical (unpaired) electrons. The van der Waals surface area contributed by atoms with Gasteiger partial charge in [-0.2, -0.15) is 0 Å². The second-order valence-corrected chi connectivity index (χ2v) is 4.96. The van der Waals surface area contributed by atoms with Gasteiger partial charge in [-0.3, -0.25) is 4.79 Å². The maximum absolute atomic E-state index is 10.6. The maximum Gasteiger partial charge on any atom is 0.339 e. The minimum absolute atomic E-state index is 0.0160. The first-order valence-electron chi connectivity index (χ1n) is 6.32. The monoisotopic (exact) mass is 329 g/mol. The Morgan fingerprint density at radius 1 is 1.29 bits per heavy atom. The van der Waals surface area contributed by atoms with Gasteiger partial charge in [-0.1, -0.05) is 24.4 Å². The second-order valence-electron chi connectivity index (χ2n) is 3.85. The molecule has 1 N–H and O–H groups in total. The highest BCUT2D eigenvalue weighted by Gasteiger charge is 2.10. The minimum Gasteiger partial charge on any atom is -0.478 e. The Balaban J connectivity index is 0.000000433. The quantitative estimate of drug-likeness (QED) is 0.383. The van der Waals surface area contributed by atoms with Gasteiger partial charge in [0.05, 0.1) is 0 Å². The van der Waals surface area contributed by atoms with E-state index in [0.717, 1.165) is 13.1 Å². The van der Waals surface area contributed by atoms with E-state index in [9.17, 15) is 9.59 Å². The van der Waals surface area contributed by atoms with Crippen LogP contribution in [0.2, 0.25) is 0 Å². The van der Waals surface area contributed by atoms with Crippen molar-refractivity contribution in [1.82, 2.24) is 4.90 Å². The summed E-state index contributed by atoms with van der Waals surface area (Å²) in [5, 5.41) is 8.69. The normalized spacial score (nSPS) is 9.14. The zero-order chi connectivity index (χ0) is 16.4. The number of benzene rings is 1. The predicted octanol–water partition coefficient (Wildman–Crippen LogP) is 2.85. The molecule has 1 rings (SSSR count). The van der Waals surface area contributed by atoms with Gasteiger partial charge in [-0.15, -0.1) is 12.6 Å². The van der Waals surface area contributed by atoms with Crippen molar-refractivity contribution >= 4 is 41.1 Å². The Morgan fingerprint density at radius 3 is 2.14 bits per heavy atom. The number of para-hydroxylation sites is 1. The average Bonchev–Trinajstić information content (AvgIpc) is 2.40. The average molecular weight is 329 g/mol. The van der Waals surface area contributed by atoms with Crippen LogP contribution in [0.5, 0.6) is 5.75 Å². The SMILES string of the molecule is CC(=O)Oc1ccccc1C(=O)O.CCN(CC)C(=S)S. The molecule has 0 fully saturated rings. The van der Waals surface area contributed by atoms with Crippen molar-refractivity contribution in [3.8, 4) is 5.75 Å². The molecule has 1 aromatic rings. The molecule has 0 aromatic heterocycles. The van der Waals surface area contributed by atoms with Crippen molar-refractivity contribution in [3.63, 3.8) is 0 Å². The number of carboxylic acids is 1. The van der Waals surface area contributed by atoms with E-state index in [0.29, 0.717) is 4.32 Å². The Kier molecular flexibility index (Phi) is 9.40. The molecule has 5 nitrogen and oxygen atoms in total. The van der Waals surface area contributed by atoms with E-state index in [-0.39, 0.29) is 11.3 Å². The number of aromatic carboxylic acids is 1. The summed E-state index contributed by atoms with van der Waals surface area (Å²) < 4.78 is 5.38. The van der Waals surface area contributed by atoms with Gasteiger partial charge in [0.15, 0.2) is 0 Å². The molecule has 0 saturated heterocycles. The summed E-state index contributed by atoms with van der Waals surface area (Å²) >= 11 is 8.82. The zero-order valence-corrected chi connectivity index (χ0v) is 13.9. The Bertz CT molecular complexity index is 502. The Hall–Kier alpha value is -1.60. The molecule has 0 amide bonds. The molecule has 21 heavy (non-hydrogen) atoms. The van der Waals surface area contributed by atoms with E-state index in [1.807, 2.05) is 4.90 Å². The van der Waals surface area contributed by atoms with Crippen molar-refractivity contribution in [3.05, 3.63) is 29.8 Å². The molecular weight excluding hydrogens is 310 g/mol. The van der Waals surface area contributed by atoms with E-state index in [4.69, 9.17) is 17.3 Å². The Labute approximate surface area is 135 Å². The van der Waals surface area contributed by atoms with Crippen LogP contribution in [0, 0.1) is 0 Å². The molecule has 7 heteroatoms. The number of rotatable bonds is 4. The van der Waals surface area contributed by atoms with Gasteiger partial charge in [0.25, 0.3) is 0 Å². The molecule has 0 unspecified atom stereocenters. The predicted molar refractivity (Wildman–Crippen MR) is 89.2 cm³/mol. The summed E-state index contributed by atoms with van der Waals surface area (Å²) in [7, 11) is 0. The molecule has 0 atom stereocenters. The van der Waals surface area contributed by atoms with Crippen molar-refractivity contribution in [2.24, 2.45) is 0 Å². The number of carbonyl (C=O) groups is 2. The molecule has 0 aliphatic rings. The van der Waals surface area contributed by atoms with Gasteiger partial charge in [-0.25, -0.2) is 4.79 Å². The lowest BCUT2D eigenvalue weighted by Crippen LogP contribution is -2.24. The number of thiol groups is 1. The van der Waals surface area contributed by atoms with E-state index in [1.54, 1.807) is 12.1 Å². The lowest BCUT2D eigenvalue weighted by atomic mass is 10.2. The first kappa shape index (κ1) is 19.4. The standard InChI is InChI=1S/C9H8O4.C5H11NS2/c1-6(10)13-8-5-3-2-4-7(8)9(11)12;1-3-6(4-2)5(7)8/h2-5H,1H3,(H,11,12);3-4H2,1-2H3,(H,7,8). The van der Waals surface area contributed by atoms with Gasteiger partial charge >= 0.3 is 11.9 Å². The van der Waals surface area contributed by atoms with Crippen molar-refractivity contribution in [2.75, 3.05) is 13.1 Å². The van der Waals surface area contributed by atoms with Crippen molar-refractivity contribution in [1.29, 1.82) is 0 Å². The molecule has 116 valence electrons. The third-order valence-electron chi connectivity index (χ3n) is 2.41. The fraction of sp³-hybridized carbons (Fsp3) is 0.357. The molecule has 0 bridgehead atoms. The summed E-state index contributed by atoms with van der Waals surface area (Å²) in [6.45, 7) is 7.26. The van der Waals surface area contributed by atoms with Crippen LogP contribution in [0.1, 0.15) is 31.1 Å². The number of nitrogens with zero attached hydrogens (tertiary/aromatic N) is 1. The number of ether oxygens (including phenoxy) is 1. The van der Waals surface area contributed by atoms with Crippen molar-refractivity contribution < 1.29 is 19.4 Å². The van der Waals surface area contributed by atoms with Crippen LogP contribution in [0.4, 0.5) is 0 Å². The van der Waals surface area contributed by atoms with Crippen LogP contribution in [0.15, 0.2) is 24.3 Å². The lowest BCUT2D eigenvalue weighted by molar-refractivity contribution is -0.131. The topological polar surface area (TPSA) is 66.8 Å². The zero-order valence-electron chi connectivity index (χ0n) is 12.2. The summed E-state index contributed by atoms with van der Waals surface area (Å²) in [5.41, 5.74) is -0.0160. The minimum atomic E-state index is -1.11. The molecule has 0 saturated carbocycles. The highest BCUT2D eigenvalue weighted by Crippen LogP contribution is 2.17. The van der Waals surface area contributed by atoms with Crippen LogP contribution in [0.3, 0.4) is 0 Å². The van der Waals surface area contributed by atoms with E-state index >= 15 is 0 Å². The van der Waals surface area contributed by atoms with Gasteiger partial charge in [0, 0.05) is 20.0 Å². The van der Waals surface area contributed by atoms with Gasteiger partial charge in [-0.05, 0) is 26.0 Å². The number of thiocarbonyl (C=S) groups is 1. The molecular formula is C14H19NO4S2. The number of hydrogen-bond acceptors (Lipinski definition) is 4. The van der Waals surface area contributed by atoms with Crippen LogP contribution in [-0.2, 0) is 4.79 Å².